The van der Waals surface area contributed by atoms with Crippen LogP contribution in [0.3, 0.4) is 0 Å². The van der Waals surface area contributed by atoms with E-state index in [1.54, 1.807) is 12.1 Å². The van der Waals surface area contributed by atoms with E-state index in [9.17, 15) is 0 Å². The van der Waals surface area contributed by atoms with Gasteiger partial charge in [-0.15, -0.1) is 11.3 Å². The lowest BCUT2D eigenvalue weighted by molar-refractivity contribution is 0.414. The van der Waals surface area contributed by atoms with Gasteiger partial charge in [-0.1, -0.05) is 0 Å². The number of thiophene rings is 2. The van der Waals surface area contributed by atoms with E-state index in [1.807, 2.05) is 0 Å². The highest BCUT2D eigenvalue weighted by atomic mass is 32.1. The lowest BCUT2D eigenvalue weighted by atomic mass is 10.3. The Morgan fingerprint density at radius 2 is 1.44 bits per heavy atom. The van der Waals surface area contributed by atoms with Gasteiger partial charge in [-0.3, -0.25) is 0 Å². The van der Waals surface area contributed by atoms with Crippen LogP contribution in [-0.2, 0) is 0 Å². The molecule has 46 valence electrons. The Bertz CT molecular complexity index is 295. The molecule has 2 bridgehead atoms. The maximum atomic E-state index is 8.99. The second kappa shape index (κ2) is 1.30. The quantitative estimate of drug-likeness (QED) is 0.547. The zero-order valence-electron chi connectivity index (χ0n) is 4.46. The molecule has 0 aromatic carbocycles. The van der Waals surface area contributed by atoms with Gasteiger partial charge in [0, 0.05) is 0 Å². The van der Waals surface area contributed by atoms with Crippen LogP contribution in [0.1, 0.15) is 0 Å². The number of hydrogen-bond donors (Lipinski definition) is 2. The smallest absolute Gasteiger partial charge is 0.176 e. The van der Waals surface area contributed by atoms with E-state index in [0.29, 0.717) is 0 Å². The fraction of sp³-hybridized carbons (Fsp3) is 0. The van der Waals surface area contributed by atoms with Crippen LogP contribution in [0.4, 0.5) is 0 Å². The summed E-state index contributed by atoms with van der Waals surface area (Å²) in [5.74, 6) is 0.0509. The van der Waals surface area contributed by atoms with Gasteiger partial charge >= 0.3 is 0 Å². The molecule has 0 unspecified atom stereocenters. The molecule has 0 radical (unpaired) electrons. The second-order valence-electron chi connectivity index (χ2n) is 1.86. The van der Waals surface area contributed by atoms with Gasteiger partial charge in [0.15, 0.2) is 11.5 Å². The Kier molecular flexibility index (Phi) is 0.706. The van der Waals surface area contributed by atoms with Crippen molar-refractivity contribution in [2.24, 2.45) is 0 Å². The molecule has 0 aliphatic heterocycles. The summed E-state index contributed by atoms with van der Waals surface area (Å²) in [6.07, 6.45) is 0. The summed E-state index contributed by atoms with van der Waals surface area (Å²) in [6.45, 7) is 0. The standard InChI is InChI=1S/C6H4O2S/c7-5-3-1-2-4(9-3)6(5)8/h1-2,7-8H. The molecule has 2 nitrogen and oxygen atoms in total. The molecule has 2 rings (SSSR count). The Labute approximate surface area is 55.3 Å². The number of rotatable bonds is 0. The molecule has 9 heavy (non-hydrogen) atoms. The minimum atomic E-state index is 0.0255. The van der Waals surface area contributed by atoms with E-state index in [2.05, 4.69) is 0 Å². The molecule has 0 atom stereocenters. The molecule has 0 aliphatic rings. The monoisotopic (exact) mass is 140 g/mol. The van der Waals surface area contributed by atoms with Crippen LogP contribution in [0.5, 0.6) is 11.5 Å². The third-order valence-electron chi connectivity index (χ3n) is 1.30. The molecule has 2 aromatic rings. The first-order valence-corrected chi connectivity index (χ1v) is 3.33. The lowest BCUT2D eigenvalue weighted by Crippen LogP contribution is -1.60. The zero-order valence-corrected chi connectivity index (χ0v) is 5.27. The topological polar surface area (TPSA) is 40.5 Å². The summed E-state index contributed by atoms with van der Waals surface area (Å²) in [5.41, 5.74) is 0. The summed E-state index contributed by atoms with van der Waals surface area (Å²) in [4.78, 5) is 0. The highest BCUT2D eigenvalue weighted by Crippen LogP contribution is 2.44. The maximum absolute atomic E-state index is 8.99. The Morgan fingerprint density at radius 1 is 1.00 bits per heavy atom. The van der Waals surface area contributed by atoms with Crippen molar-refractivity contribution in [1.82, 2.24) is 0 Å². The first kappa shape index (κ1) is 4.88. The summed E-state index contributed by atoms with van der Waals surface area (Å²) in [5, 5.41) is 18.0. The van der Waals surface area contributed by atoms with Crippen molar-refractivity contribution in [1.29, 1.82) is 0 Å². The number of phenolic OH excluding ortho intramolecular Hbond substituents is 2. The molecule has 2 heterocycles. The minimum Gasteiger partial charge on any atom is -0.503 e. The van der Waals surface area contributed by atoms with E-state index < -0.39 is 0 Å². The average Bonchev–Trinajstić information content (AvgIpc) is 2.37. The predicted molar refractivity (Wildman–Crippen MR) is 36.3 cm³/mol. The van der Waals surface area contributed by atoms with Crippen molar-refractivity contribution in [3.63, 3.8) is 0 Å². The largest absolute Gasteiger partial charge is 0.503 e. The molecule has 3 heteroatoms. The number of phenols is 2. The van der Waals surface area contributed by atoms with Crippen LogP contribution in [0.25, 0.3) is 9.40 Å². The van der Waals surface area contributed by atoms with Crippen LogP contribution < -0.4 is 0 Å². The summed E-state index contributed by atoms with van der Waals surface area (Å²) in [7, 11) is 0. The summed E-state index contributed by atoms with van der Waals surface area (Å²) < 4.78 is 1.50. The Morgan fingerprint density at radius 3 is 1.67 bits per heavy atom. The van der Waals surface area contributed by atoms with Gasteiger partial charge in [0.05, 0.1) is 9.40 Å². The van der Waals surface area contributed by atoms with Crippen molar-refractivity contribution >= 4 is 20.7 Å². The number of hydrogen-bond acceptors (Lipinski definition) is 3. The number of fused-ring (bicyclic) bond motifs is 2. The summed E-state index contributed by atoms with van der Waals surface area (Å²) in [6, 6.07) is 3.57. The molecule has 0 aliphatic carbocycles. The van der Waals surface area contributed by atoms with Gasteiger partial charge in [0.2, 0.25) is 0 Å². The molecule has 0 amide bonds. The van der Waals surface area contributed by atoms with Crippen LogP contribution >= 0.6 is 11.3 Å². The van der Waals surface area contributed by atoms with E-state index in [4.69, 9.17) is 10.2 Å². The summed E-state index contributed by atoms with van der Waals surface area (Å²) >= 11 is 1.40. The Balaban J connectivity index is 2.99. The van der Waals surface area contributed by atoms with Crippen molar-refractivity contribution < 1.29 is 10.2 Å². The molecule has 2 aromatic heterocycles. The first-order chi connectivity index (χ1) is 4.29. The van der Waals surface area contributed by atoms with Crippen molar-refractivity contribution in [2.75, 3.05) is 0 Å². The highest BCUT2D eigenvalue weighted by Gasteiger charge is 2.10. The second-order valence-corrected chi connectivity index (χ2v) is 2.94. The molecular formula is C6H4O2S. The predicted octanol–water partition coefficient (Wildman–Crippen LogP) is 1.75. The molecule has 0 saturated heterocycles. The fourth-order valence-electron chi connectivity index (χ4n) is 0.826. The van der Waals surface area contributed by atoms with E-state index in [1.165, 1.54) is 11.3 Å². The molecule has 0 fully saturated rings. The van der Waals surface area contributed by atoms with Gasteiger partial charge in [-0.25, -0.2) is 0 Å². The fourth-order valence-corrected chi connectivity index (χ4v) is 1.72. The lowest BCUT2D eigenvalue weighted by Gasteiger charge is -1.88. The number of aromatic hydroxyl groups is 2. The maximum Gasteiger partial charge on any atom is 0.176 e. The molecule has 0 spiro atoms. The van der Waals surface area contributed by atoms with Crippen LogP contribution in [0, 0.1) is 0 Å². The number of benzene rings is 1. The van der Waals surface area contributed by atoms with Crippen LogP contribution in [0.2, 0.25) is 0 Å². The van der Waals surface area contributed by atoms with Gasteiger partial charge < -0.3 is 10.2 Å². The Hall–Kier alpha value is -0.960. The van der Waals surface area contributed by atoms with Crippen molar-refractivity contribution in [2.45, 2.75) is 0 Å². The molecule has 0 saturated carbocycles. The third kappa shape index (κ3) is 0.445. The van der Waals surface area contributed by atoms with Gasteiger partial charge in [0.25, 0.3) is 0 Å². The van der Waals surface area contributed by atoms with E-state index >= 15 is 0 Å². The van der Waals surface area contributed by atoms with Crippen molar-refractivity contribution in [3.8, 4) is 11.5 Å². The molecular weight excluding hydrogens is 136 g/mol. The van der Waals surface area contributed by atoms with E-state index in [-0.39, 0.29) is 11.5 Å². The van der Waals surface area contributed by atoms with Gasteiger partial charge in [-0.05, 0) is 12.1 Å². The molecule has 2 N–H and O–H groups in total. The van der Waals surface area contributed by atoms with Crippen LogP contribution in [0.15, 0.2) is 12.1 Å². The third-order valence-corrected chi connectivity index (χ3v) is 2.40. The SMILES string of the molecule is Oc1c(O)c2ccc1s2. The highest BCUT2D eigenvalue weighted by molar-refractivity contribution is 7.25. The van der Waals surface area contributed by atoms with Crippen molar-refractivity contribution in [3.05, 3.63) is 12.1 Å². The zero-order chi connectivity index (χ0) is 6.43. The van der Waals surface area contributed by atoms with Gasteiger partial charge in [0.1, 0.15) is 0 Å². The van der Waals surface area contributed by atoms with E-state index in [0.717, 1.165) is 9.40 Å². The first-order valence-electron chi connectivity index (χ1n) is 2.52. The average molecular weight is 140 g/mol. The normalized spacial score (nSPS) is 11.1. The minimum absolute atomic E-state index is 0.0255. The van der Waals surface area contributed by atoms with Crippen LogP contribution in [-0.4, -0.2) is 10.2 Å². The van der Waals surface area contributed by atoms with Gasteiger partial charge in [-0.2, -0.15) is 0 Å².